The minimum atomic E-state index is -0.524. The van der Waals surface area contributed by atoms with E-state index in [4.69, 9.17) is 4.74 Å². The Bertz CT molecular complexity index is 547. The van der Waals surface area contributed by atoms with Crippen LogP contribution in [-0.2, 0) is 4.79 Å². The third-order valence-corrected chi connectivity index (χ3v) is 5.41. The summed E-state index contributed by atoms with van der Waals surface area (Å²) in [6.07, 6.45) is 4.04. The highest BCUT2D eigenvalue weighted by atomic mass is 32.2. The lowest BCUT2D eigenvalue weighted by atomic mass is 9.97. The lowest BCUT2D eigenvalue weighted by molar-refractivity contribution is -0.128. The van der Waals surface area contributed by atoms with E-state index in [1.807, 2.05) is 30.5 Å². The summed E-state index contributed by atoms with van der Waals surface area (Å²) in [5.74, 6) is 1.75. The van der Waals surface area contributed by atoms with Gasteiger partial charge in [-0.25, -0.2) is 5.43 Å². The molecular weight excluding hydrogens is 310 g/mol. The zero-order valence-electron chi connectivity index (χ0n) is 13.8. The first-order valence-corrected chi connectivity index (χ1v) is 9.43. The number of hydrogen-bond donors (Lipinski definition) is 3. The number of carbonyl (C=O) groups excluding carboxylic acids is 1. The topological polar surface area (TPSA) is 62.4 Å². The van der Waals surface area contributed by atoms with E-state index >= 15 is 0 Å². The van der Waals surface area contributed by atoms with Gasteiger partial charge < -0.3 is 10.1 Å². The molecule has 2 fully saturated rings. The number of nitrogens with one attached hydrogen (secondary N) is 3. The molecule has 1 aliphatic carbocycles. The van der Waals surface area contributed by atoms with Crippen LogP contribution in [0.3, 0.4) is 0 Å². The third kappa shape index (κ3) is 4.00. The highest BCUT2D eigenvalue weighted by Gasteiger charge is 2.42. The lowest BCUT2D eigenvalue weighted by Crippen LogP contribution is -2.50. The van der Waals surface area contributed by atoms with Crippen molar-refractivity contribution in [2.45, 2.75) is 49.9 Å². The Balaban J connectivity index is 1.50. The molecule has 1 amide bonds. The molecule has 1 aliphatic heterocycles. The number of hydrazine groups is 1. The molecule has 6 heteroatoms. The third-order valence-electron chi connectivity index (χ3n) is 4.67. The molecule has 2 aliphatic rings. The van der Waals surface area contributed by atoms with Crippen molar-refractivity contribution in [2.24, 2.45) is 11.8 Å². The highest BCUT2D eigenvalue weighted by molar-refractivity contribution is 7.98. The van der Waals surface area contributed by atoms with Gasteiger partial charge in [0.1, 0.15) is 5.75 Å². The Morgan fingerprint density at radius 3 is 2.61 bits per heavy atom. The molecule has 3 rings (SSSR count). The summed E-state index contributed by atoms with van der Waals surface area (Å²) in [5, 5.41) is 3.04. The van der Waals surface area contributed by atoms with Gasteiger partial charge in [0.05, 0.1) is 6.17 Å². The van der Waals surface area contributed by atoms with Gasteiger partial charge in [-0.15, -0.1) is 11.8 Å². The van der Waals surface area contributed by atoms with Gasteiger partial charge >= 0.3 is 0 Å². The molecule has 1 aromatic rings. The molecule has 3 N–H and O–H groups in total. The first-order valence-electron chi connectivity index (χ1n) is 8.20. The second-order valence-corrected chi connectivity index (χ2v) is 7.31. The van der Waals surface area contributed by atoms with Crippen LogP contribution < -0.4 is 20.9 Å². The zero-order valence-corrected chi connectivity index (χ0v) is 14.7. The van der Waals surface area contributed by atoms with Gasteiger partial charge in [-0.1, -0.05) is 6.92 Å². The zero-order chi connectivity index (χ0) is 16.4. The van der Waals surface area contributed by atoms with Crippen LogP contribution >= 0.6 is 11.8 Å². The number of rotatable bonds is 6. The van der Waals surface area contributed by atoms with Crippen molar-refractivity contribution in [1.29, 1.82) is 0 Å². The van der Waals surface area contributed by atoms with E-state index in [9.17, 15) is 4.79 Å². The minimum absolute atomic E-state index is 0.0435. The van der Waals surface area contributed by atoms with E-state index in [1.54, 1.807) is 18.7 Å². The van der Waals surface area contributed by atoms with Gasteiger partial charge in [0.15, 0.2) is 6.10 Å². The van der Waals surface area contributed by atoms with Crippen LogP contribution in [0.1, 0.15) is 26.7 Å². The molecule has 1 heterocycles. The molecule has 1 saturated heterocycles. The van der Waals surface area contributed by atoms with Crippen LogP contribution in [0.2, 0.25) is 0 Å². The first kappa shape index (κ1) is 16.6. The molecule has 5 nitrogen and oxygen atoms in total. The number of carbonyl (C=O) groups is 1. The average Bonchev–Trinajstić information content (AvgIpc) is 3.33. The van der Waals surface area contributed by atoms with E-state index < -0.39 is 6.10 Å². The van der Waals surface area contributed by atoms with Crippen molar-refractivity contribution in [3.8, 4) is 5.75 Å². The maximum absolute atomic E-state index is 12.4. The smallest absolute Gasteiger partial charge is 0.262 e. The van der Waals surface area contributed by atoms with E-state index in [0.29, 0.717) is 17.7 Å². The molecule has 23 heavy (non-hydrogen) atoms. The molecule has 0 spiro atoms. The van der Waals surface area contributed by atoms with Crippen LogP contribution in [0.4, 0.5) is 0 Å². The molecular formula is C17H25N3O2S. The number of hydrogen-bond acceptors (Lipinski definition) is 5. The Labute approximate surface area is 141 Å². The van der Waals surface area contributed by atoms with Gasteiger partial charge in [0.2, 0.25) is 0 Å². The van der Waals surface area contributed by atoms with Crippen molar-refractivity contribution in [2.75, 3.05) is 6.26 Å². The fraction of sp³-hybridized carbons (Fsp3) is 0.588. The van der Waals surface area contributed by atoms with Gasteiger partial charge in [0.25, 0.3) is 5.91 Å². The van der Waals surface area contributed by atoms with Crippen LogP contribution in [0.15, 0.2) is 29.2 Å². The van der Waals surface area contributed by atoms with Crippen LogP contribution in [0.25, 0.3) is 0 Å². The van der Waals surface area contributed by atoms with E-state index in [-0.39, 0.29) is 12.1 Å². The van der Waals surface area contributed by atoms with E-state index in [1.165, 1.54) is 17.7 Å². The van der Waals surface area contributed by atoms with Crippen LogP contribution in [0, 0.1) is 11.8 Å². The summed E-state index contributed by atoms with van der Waals surface area (Å²) in [7, 11) is 0. The molecule has 0 bridgehead atoms. The maximum Gasteiger partial charge on any atom is 0.262 e. The Hall–Kier alpha value is -1.24. The summed E-state index contributed by atoms with van der Waals surface area (Å²) in [4.78, 5) is 13.5. The van der Waals surface area contributed by atoms with E-state index in [2.05, 4.69) is 23.1 Å². The van der Waals surface area contributed by atoms with Gasteiger partial charge in [-0.05, 0) is 56.2 Å². The molecule has 4 atom stereocenters. The molecule has 126 valence electrons. The fourth-order valence-electron chi connectivity index (χ4n) is 3.01. The lowest BCUT2D eigenvalue weighted by Gasteiger charge is -2.22. The number of amides is 1. The largest absolute Gasteiger partial charge is 0.481 e. The van der Waals surface area contributed by atoms with Gasteiger partial charge in [-0.2, -0.15) is 0 Å². The minimum Gasteiger partial charge on any atom is -0.481 e. The Kier molecular flexibility index (Phi) is 5.14. The highest BCUT2D eigenvalue weighted by Crippen LogP contribution is 2.37. The van der Waals surface area contributed by atoms with Crippen molar-refractivity contribution in [3.05, 3.63) is 24.3 Å². The predicted molar refractivity (Wildman–Crippen MR) is 92.2 cm³/mol. The normalized spacial score (nSPS) is 28.4. The number of thioether (sulfide) groups is 1. The average molecular weight is 335 g/mol. The van der Waals surface area contributed by atoms with Crippen molar-refractivity contribution < 1.29 is 9.53 Å². The predicted octanol–water partition coefficient (Wildman–Crippen LogP) is 2.14. The Morgan fingerprint density at radius 1 is 1.30 bits per heavy atom. The fourth-order valence-corrected chi connectivity index (χ4v) is 3.42. The quantitative estimate of drug-likeness (QED) is 0.695. The second kappa shape index (κ2) is 7.11. The number of ether oxygens (including phenoxy) is 1. The number of benzene rings is 1. The molecule has 4 unspecified atom stereocenters. The molecule has 1 aromatic carbocycles. The molecule has 0 radical (unpaired) electrons. The van der Waals surface area contributed by atoms with Crippen LogP contribution in [-0.4, -0.2) is 30.5 Å². The summed E-state index contributed by atoms with van der Waals surface area (Å²) in [5.41, 5.74) is 6.52. The summed E-state index contributed by atoms with van der Waals surface area (Å²) >= 11 is 1.68. The monoisotopic (exact) mass is 335 g/mol. The van der Waals surface area contributed by atoms with Crippen LogP contribution in [0.5, 0.6) is 5.75 Å². The Morgan fingerprint density at radius 2 is 2.00 bits per heavy atom. The summed E-state index contributed by atoms with van der Waals surface area (Å²) in [6.45, 7) is 3.96. The summed E-state index contributed by atoms with van der Waals surface area (Å²) < 4.78 is 5.74. The van der Waals surface area contributed by atoms with Gasteiger partial charge in [-0.3, -0.25) is 10.2 Å². The van der Waals surface area contributed by atoms with Gasteiger partial charge in [0, 0.05) is 16.9 Å². The molecule has 0 aromatic heterocycles. The summed E-state index contributed by atoms with van der Waals surface area (Å²) in [6, 6.07) is 8.24. The molecule has 1 saturated carbocycles. The van der Waals surface area contributed by atoms with Crippen molar-refractivity contribution >= 4 is 17.7 Å². The SMILES string of the molecule is CSc1ccc(OC(C)C(=O)NC2NNC(C3CC3)C2C)cc1. The standard InChI is InChI=1S/C17H25N3O2S/c1-10-15(12-4-5-12)19-20-16(10)18-17(21)11(2)22-13-6-8-14(23-3)9-7-13/h6-12,15-16,19-20H,4-5H2,1-3H3,(H,18,21). The first-order chi connectivity index (χ1) is 11.1. The van der Waals surface area contributed by atoms with E-state index in [0.717, 1.165) is 5.92 Å². The maximum atomic E-state index is 12.4. The van der Waals surface area contributed by atoms with Crippen molar-refractivity contribution in [1.82, 2.24) is 16.2 Å². The van der Waals surface area contributed by atoms with Crippen molar-refractivity contribution in [3.63, 3.8) is 0 Å². The second-order valence-electron chi connectivity index (χ2n) is 6.43.